The van der Waals surface area contributed by atoms with Crippen LogP contribution >= 0.6 is 23.4 Å². The van der Waals surface area contributed by atoms with Gasteiger partial charge in [0.2, 0.25) is 11.8 Å². The summed E-state index contributed by atoms with van der Waals surface area (Å²) in [5.41, 5.74) is 1.85. The maximum atomic E-state index is 12.5. The number of pyridine rings is 1. The quantitative estimate of drug-likeness (QED) is 0.595. The fraction of sp³-hybridized carbons (Fsp3) is 0.263. The molecule has 1 fully saturated rings. The predicted molar refractivity (Wildman–Crippen MR) is 107 cm³/mol. The number of benzene rings is 1. The van der Waals surface area contributed by atoms with E-state index in [1.165, 1.54) is 11.8 Å². The number of aromatic amines is 1. The van der Waals surface area contributed by atoms with Crippen molar-refractivity contribution in [1.29, 1.82) is 0 Å². The van der Waals surface area contributed by atoms with Gasteiger partial charge in [-0.05, 0) is 12.1 Å². The topological polar surface area (TPSA) is 76.6 Å². The van der Waals surface area contributed by atoms with Crippen molar-refractivity contribution < 1.29 is 14.2 Å². The molecule has 1 saturated heterocycles. The fourth-order valence-corrected chi connectivity index (χ4v) is 3.91. The Hall–Kier alpha value is -2.58. The number of nitrogens with zero attached hydrogens (tertiary/aromatic N) is 4. The van der Waals surface area contributed by atoms with Gasteiger partial charge in [-0.3, -0.25) is 4.79 Å². The Labute approximate surface area is 171 Å². The highest BCUT2D eigenvalue weighted by atomic mass is 35.5. The molecule has 0 atom stereocenters. The minimum Gasteiger partial charge on any atom is -0.411 e. The van der Waals surface area contributed by atoms with Gasteiger partial charge in [-0.25, -0.2) is 4.98 Å². The van der Waals surface area contributed by atoms with Crippen molar-refractivity contribution in [2.24, 2.45) is 0 Å². The van der Waals surface area contributed by atoms with Crippen LogP contribution in [0.2, 0.25) is 5.02 Å². The van der Waals surface area contributed by atoms with Gasteiger partial charge in [0.15, 0.2) is 12.4 Å². The van der Waals surface area contributed by atoms with E-state index < -0.39 is 0 Å². The molecule has 0 bridgehead atoms. The number of hydrogen-bond donors (Lipinski definition) is 0. The Bertz CT molecular complexity index is 944. The molecule has 0 unspecified atom stereocenters. The summed E-state index contributed by atoms with van der Waals surface area (Å²) in [4.78, 5) is 19.7. The lowest BCUT2D eigenvalue weighted by atomic mass is 10.2. The molecule has 144 valence electrons. The first-order valence-corrected chi connectivity index (χ1v) is 10.3. The number of rotatable bonds is 5. The van der Waals surface area contributed by atoms with Crippen LogP contribution < -0.4 is 9.88 Å². The second-order valence-electron chi connectivity index (χ2n) is 6.27. The van der Waals surface area contributed by atoms with Crippen molar-refractivity contribution in [3.63, 3.8) is 0 Å². The summed E-state index contributed by atoms with van der Waals surface area (Å²) in [5, 5.41) is 8.95. The van der Waals surface area contributed by atoms with Crippen molar-refractivity contribution in [3.8, 4) is 11.5 Å². The molecule has 0 saturated carbocycles. The Morgan fingerprint density at radius 3 is 2.61 bits per heavy atom. The van der Waals surface area contributed by atoms with Gasteiger partial charge in [-0.15, -0.1) is 10.2 Å². The number of carbonyl (C=O) groups excluding carboxylic acids is 1. The zero-order valence-corrected chi connectivity index (χ0v) is 16.6. The third-order valence-corrected chi connectivity index (χ3v) is 5.66. The van der Waals surface area contributed by atoms with E-state index in [1.54, 1.807) is 6.07 Å². The highest BCUT2D eigenvalue weighted by Gasteiger charge is 2.22. The molecule has 4 rings (SSSR count). The predicted octanol–water partition coefficient (Wildman–Crippen LogP) is 2.65. The molecule has 3 heterocycles. The van der Waals surface area contributed by atoms with Gasteiger partial charge in [-0.2, -0.15) is 0 Å². The van der Waals surface area contributed by atoms with Gasteiger partial charge in [0.1, 0.15) is 0 Å². The summed E-state index contributed by atoms with van der Waals surface area (Å²) in [5.74, 6) is 0.697. The number of aromatic nitrogens is 3. The van der Waals surface area contributed by atoms with E-state index in [4.69, 9.17) is 16.0 Å². The van der Waals surface area contributed by atoms with Crippen LogP contribution in [0.15, 0.2) is 58.4 Å². The van der Waals surface area contributed by atoms with Crippen LogP contribution in [-0.2, 0) is 4.79 Å². The van der Waals surface area contributed by atoms with Gasteiger partial charge in [-0.1, -0.05) is 35.5 Å². The molecular formula is C19H19ClN5O2S+. The number of halogens is 1. The molecule has 3 aromatic rings. The molecule has 1 aromatic carbocycles. The molecule has 9 heteroatoms. The summed E-state index contributed by atoms with van der Waals surface area (Å²) in [6.07, 6.45) is 3.82. The molecule has 0 aliphatic carbocycles. The summed E-state index contributed by atoms with van der Waals surface area (Å²) in [6.45, 7) is 3.04. The van der Waals surface area contributed by atoms with Gasteiger partial charge in [0, 0.05) is 44.0 Å². The zero-order valence-electron chi connectivity index (χ0n) is 15.0. The van der Waals surface area contributed by atoms with Crippen molar-refractivity contribution in [3.05, 3.63) is 53.8 Å². The van der Waals surface area contributed by atoms with E-state index in [1.807, 2.05) is 47.6 Å². The maximum Gasteiger partial charge on any atom is 0.277 e. The van der Waals surface area contributed by atoms with Crippen LogP contribution in [0.5, 0.6) is 0 Å². The van der Waals surface area contributed by atoms with Gasteiger partial charge in [0.05, 0.1) is 16.3 Å². The number of amides is 1. The number of nitrogens with one attached hydrogen (secondary N) is 1. The van der Waals surface area contributed by atoms with E-state index in [0.29, 0.717) is 34.8 Å². The number of thioether (sulfide) groups is 1. The highest BCUT2D eigenvalue weighted by Crippen LogP contribution is 2.28. The van der Waals surface area contributed by atoms with Crippen molar-refractivity contribution >= 4 is 35.0 Å². The lowest BCUT2D eigenvalue weighted by Gasteiger charge is -2.35. The molecule has 28 heavy (non-hydrogen) atoms. The number of carbonyl (C=O) groups is 1. The smallest absolute Gasteiger partial charge is 0.277 e. The van der Waals surface area contributed by atoms with E-state index in [0.717, 1.165) is 18.8 Å². The van der Waals surface area contributed by atoms with Crippen LogP contribution in [0.1, 0.15) is 0 Å². The Kier molecular flexibility index (Phi) is 5.78. The van der Waals surface area contributed by atoms with E-state index in [9.17, 15) is 4.79 Å². The normalized spacial score (nSPS) is 14.3. The first-order chi connectivity index (χ1) is 13.7. The summed E-state index contributed by atoms with van der Waals surface area (Å²) in [7, 11) is 0. The molecule has 1 aliphatic rings. The number of H-pyrrole nitrogens is 1. The largest absolute Gasteiger partial charge is 0.411 e. The minimum absolute atomic E-state index is 0.0727. The maximum absolute atomic E-state index is 12.5. The second-order valence-corrected chi connectivity index (χ2v) is 7.60. The van der Waals surface area contributed by atoms with Crippen LogP contribution in [-0.4, -0.2) is 52.9 Å². The summed E-state index contributed by atoms with van der Waals surface area (Å²) in [6, 6.07) is 11.4. The Morgan fingerprint density at radius 1 is 1.11 bits per heavy atom. The number of anilines is 1. The van der Waals surface area contributed by atoms with Gasteiger partial charge < -0.3 is 14.2 Å². The average Bonchev–Trinajstić information content (AvgIpc) is 3.22. The summed E-state index contributed by atoms with van der Waals surface area (Å²) < 4.78 is 5.64. The monoisotopic (exact) mass is 416 g/mol. The van der Waals surface area contributed by atoms with Crippen LogP contribution in [0.4, 0.5) is 5.69 Å². The minimum atomic E-state index is 0.0727. The van der Waals surface area contributed by atoms with Crippen LogP contribution in [0, 0.1) is 0 Å². The molecule has 2 aromatic heterocycles. The van der Waals surface area contributed by atoms with E-state index in [2.05, 4.69) is 20.1 Å². The Balaban J connectivity index is 1.29. The molecule has 1 amide bonds. The first kappa shape index (κ1) is 18.8. The Morgan fingerprint density at radius 2 is 1.86 bits per heavy atom. The summed E-state index contributed by atoms with van der Waals surface area (Å²) >= 11 is 7.40. The zero-order chi connectivity index (χ0) is 19.3. The molecule has 1 N–H and O–H groups in total. The molecular weight excluding hydrogens is 398 g/mol. The van der Waals surface area contributed by atoms with E-state index in [-0.39, 0.29) is 11.7 Å². The number of hydrogen-bond acceptors (Lipinski definition) is 6. The standard InChI is InChI=1S/C19H18ClN5O2S/c20-16-4-2-1-3-15(16)18-22-23-19(27-18)28-13-17(26)25-11-9-24(10-12-25)14-5-7-21-8-6-14/h1-8H,9-13H2/p+1. The molecule has 7 nitrogen and oxygen atoms in total. The highest BCUT2D eigenvalue weighted by molar-refractivity contribution is 7.99. The number of piperazine rings is 1. The van der Waals surface area contributed by atoms with E-state index >= 15 is 0 Å². The van der Waals surface area contributed by atoms with Crippen LogP contribution in [0.3, 0.4) is 0 Å². The SMILES string of the molecule is O=C(CSc1nnc(-c2ccccc2Cl)o1)N1CCN(c2cc[nH+]cc2)CC1. The average molecular weight is 417 g/mol. The molecule has 0 spiro atoms. The van der Waals surface area contributed by atoms with Crippen LogP contribution in [0.25, 0.3) is 11.5 Å². The van der Waals surface area contributed by atoms with Crippen molar-refractivity contribution in [2.45, 2.75) is 5.22 Å². The third kappa shape index (κ3) is 4.28. The van der Waals surface area contributed by atoms with Gasteiger partial charge >= 0.3 is 0 Å². The van der Waals surface area contributed by atoms with Crippen molar-refractivity contribution in [2.75, 3.05) is 36.8 Å². The molecule has 1 aliphatic heterocycles. The fourth-order valence-electron chi connectivity index (χ4n) is 3.03. The molecule has 0 radical (unpaired) electrons. The second kappa shape index (κ2) is 8.62. The lowest BCUT2D eigenvalue weighted by Crippen LogP contribution is -2.49. The van der Waals surface area contributed by atoms with Gasteiger partial charge in [0.25, 0.3) is 5.22 Å². The first-order valence-electron chi connectivity index (χ1n) is 8.91. The van der Waals surface area contributed by atoms with Crippen molar-refractivity contribution in [1.82, 2.24) is 15.1 Å². The third-order valence-electron chi connectivity index (χ3n) is 4.53. The lowest BCUT2D eigenvalue weighted by molar-refractivity contribution is -0.377.